The molecule has 0 radical (unpaired) electrons. The van der Waals surface area contributed by atoms with E-state index in [9.17, 15) is 0 Å². The summed E-state index contributed by atoms with van der Waals surface area (Å²) in [5, 5.41) is 0. The normalized spacial score (nSPS) is 10.8. The molecule has 0 aliphatic rings. The van der Waals surface area contributed by atoms with Crippen LogP contribution in [0.1, 0.15) is 23.6 Å². The van der Waals surface area contributed by atoms with Crippen molar-refractivity contribution in [3.8, 4) is 11.5 Å². The Bertz CT molecular complexity index is 597. The van der Waals surface area contributed by atoms with Crippen LogP contribution in [-0.4, -0.2) is 14.2 Å². The topological polar surface area (TPSA) is 31.6 Å². The van der Waals surface area contributed by atoms with Crippen molar-refractivity contribution in [2.45, 2.75) is 6.92 Å². The minimum absolute atomic E-state index is 0.753. The Kier molecular flexibility index (Phi) is 4.31. The highest BCUT2D eigenvalue weighted by Crippen LogP contribution is 2.35. The minimum Gasteiger partial charge on any atom is -0.496 e. The number of hydrogen-bond acceptors (Lipinski definition) is 3. The van der Waals surface area contributed by atoms with Gasteiger partial charge in [-0.2, -0.15) is 0 Å². The summed E-state index contributed by atoms with van der Waals surface area (Å²) < 4.78 is 15.9. The number of furan rings is 1. The van der Waals surface area contributed by atoms with Gasteiger partial charge in [0.15, 0.2) is 0 Å². The van der Waals surface area contributed by atoms with E-state index < -0.39 is 0 Å². The summed E-state index contributed by atoms with van der Waals surface area (Å²) in [5.74, 6) is 1.51. The Hall–Kier alpha value is -2.42. The monoisotopic (exact) mass is 270 g/mol. The summed E-state index contributed by atoms with van der Waals surface area (Å²) in [6, 6.07) is 5.82. The average molecular weight is 270 g/mol. The van der Waals surface area contributed by atoms with Crippen molar-refractivity contribution in [1.82, 2.24) is 0 Å². The van der Waals surface area contributed by atoms with E-state index in [2.05, 4.69) is 6.58 Å². The van der Waals surface area contributed by atoms with Gasteiger partial charge < -0.3 is 13.9 Å². The van der Waals surface area contributed by atoms with E-state index in [0.717, 1.165) is 33.8 Å². The summed E-state index contributed by atoms with van der Waals surface area (Å²) in [4.78, 5) is 0. The van der Waals surface area contributed by atoms with Crippen LogP contribution >= 0.6 is 0 Å². The van der Waals surface area contributed by atoms with Gasteiger partial charge in [0.1, 0.15) is 11.5 Å². The zero-order chi connectivity index (χ0) is 14.5. The van der Waals surface area contributed by atoms with Crippen molar-refractivity contribution in [3.63, 3.8) is 0 Å². The number of benzene rings is 1. The van der Waals surface area contributed by atoms with E-state index in [1.807, 2.05) is 37.3 Å². The SMILES string of the molecule is C=C(C)c1c(OC)cc(C=Cc2ccoc2)cc1OC. The average Bonchev–Trinajstić information content (AvgIpc) is 2.96. The van der Waals surface area contributed by atoms with E-state index in [4.69, 9.17) is 13.9 Å². The number of allylic oxidation sites excluding steroid dienone is 1. The lowest BCUT2D eigenvalue weighted by atomic mass is 10.0. The van der Waals surface area contributed by atoms with Gasteiger partial charge in [-0.15, -0.1) is 0 Å². The molecule has 0 saturated carbocycles. The molecule has 1 aromatic heterocycles. The highest BCUT2D eigenvalue weighted by atomic mass is 16.5. The number of ether oxygens (including phenoxy) is 2. The second-order valence-electron chi connectivity index (χ2n) is 4.47. The Morgan fingerprint density at radius 2 is 1.70 bits per heavy atom. The Labute approximate surface area is 119 Å². The van der Waals surface area contributed by atoms with Crippen LogP contribution in [0, 0.1) is 0 Å². The molecule has 104 valence electrons. The molecular weight excluding hydrogens is 252 g/mol. The zero-order valence-electron chi connectivity index (χ0n) is 12.0. The first kappa shape index (κ1) is 14.0. The van der Waals surface area contributed by atoms with Gasteiger partial charge in [0.2, 0.25) is 0 Å². The summed E-state index contributed by atoms with van der Waals surface area (Å²) in [6.07, 6.45) is 7.29. The molecule has 0 fully saturated rings. The molecule has 0 unspecified atom stereocenters. The minimum atomic E-state index is 0.753. The maximum Gasteiger partial charge on any atom is 0.130 e. The second kappa shape index (κ2) is 6.15. The Morgan fingerprint density at radius 3 is 2.15 bits per heavy atom. The standard InChI is InChI=1S/C17H18O3/c1-12(2)17-15(18-3)9-14(10-16(17)19-4)6-5-13-7-8-20-11-13/h5-11H,1H2,2-4H3. The quantitative estimate of drug-likeness (QED) is 0.801. The van der Waals surface area contributed by atoms with Gasteiger partial charge in [-0.1, -0.05) is 18.7 Å². The third-order valence-corrected chi connectivity index (χ3v) is 2.97. The number of rotatable bonds is 5. The van der Waals surface area contributed by atoms with Crippen molar-refractivity contribution >= 4 is 17.7 Å². The van der Waals surface area contributed by atoms with Crippen LogP contribution in [0.25, 0.3) is 17.7 Å². The van der Waals surface area contributed by atoms with E-state index in [-0.39, 0.29) is 0 Å². The first-order chi connectivity index (χ1) is 9.65. The van der Waals surface area contributed by atoms with Crippen LogP contribution in [0.5, 0.6) is 11.5 Å². The molecule has 0 N–H and O–H groups in total. The molecule has 0 saturated heterocycles. The van der Waals surface area contributed by atoms with Crippen molar-refractivity contribution in [2.24, 2.45) is 0 Å². The molecule has 0 spiro atoms. The lowest BCUT2D eigenvalue weighted by molar-refractivity contribution is 0.392. The van der Waals surface area contributed by atoms with Gasteiger partial charge in [0.25, 0.3) is 0 Å². The summed E-state index contributed by atoms with van der Waals surface area (Å²) in [6.45, 7) is 5.90. The molecule has 3 nitrogen and oxygen atoms in total. The Morgan fingerprint density at radius 1 is 1.10 bits per heavy atom. The molecule has 0 bridgehead atoms. The van der Waals surface area contributed by atoms with E-state index in [1.165, 1.54) is 0 Å². The molecule has 0 amide bonds. The van der Waals surface area contributed by atoms with Crippen LogP contribution < -0.4 is 9.47 Å². The smallest absolute Gasteiger partial charge is 0.130 e. The van der Waals surface area contributed by atoms with Crippen LogP contribution in [0.3, 0.4) is 0 Å². The number of hydrogen-bond donors (Lipinski definition) is 0. The molecule has 20 heavy (non-hydrogen) atoms. The Balaban J connectivity index is 2.43. The summed E-state index contributed by atoms with van der Waals surface area (Å²) in [5.41, 5.74) is 3.80. The molecule has 0 aliphatic heterocycles. The predicted octanol–water partition coefficient (Wildman–Crippen LogP) is 4.50. The number of methoxy groups -OCH3 is 2. The van der Waals surface area contributed by atoms with Gasteiger partial charge in [-0.3, -0.25) is 0 Å². The molecule has 2 rings (SSSR count). The molecule has 1 heterocycles. The van der Waals surface area contributed by atoms with E-state index in [0.29, 0.717) is 0 Å². The molecule has 3 heteroatoms. The van der Waals surface area contributed by atoms with Gasteiger partial charge in [-0.05, 0) is 36.3 Å². The van der Waals surface area contributed by atoms with E-state index >= 15 is 0 Å². The summed E-state index contributed by atoms with van der Waals surface area (Å²) >= 11 is 0. The fraction of sp³-hybridized carbons (Fsp3) is 0.176. The lowest BCUT2D eigenvalue weighted by Crippen LogP contribution is -1.95. The van der Waals surface area contributed by atoms with Crippen molar-refractivity contribution in [1.29, 1.82) is 0 Å². The largest absolute Gasteiger partial charge is 0.496 e. The maximum absolute atomic E-state index is 5.43. The fourth-order valence-corrected chi connectivity index (χ4v) is 2.01. The predicted molar refractivity (Wildman–Crippen MR) is 81.9 cm³/mol. The van der Waals surface area contributed by atoms with Crippen LogP contribution in [0.2, 0.25) is 0 Å². The molecule has 0 aliphatic carbocycles. The van der Waals surface area contributed by atoms with Gasteiger partial charge in [0, 0.05) is 5.56 Å². The van der Waals surface area contributed by atoms with Gasteiger partial charge in [-0.25, -0.2) is 0 Å². The van der Waals surface area contributed by atoms with Crippen molar-refractivity contribution in [2.75, 3.05) is 14.2 Å². The third kappa shape index (κ3) is 2.94. The summed E-state index contributed by atoms with van der Waals surface area (Å²) in [7, 11) is 3.29. The van der Waals surface area contributed by atoms with Gasteiger partial charge >= 0.3 is 0 Å². The van der Waals surface area contributed by atoms with Crippen molar-refractivity contribution < 1.29 is 13.9 Å². The van der Waals surface area contributed by atoms with Gasteiger partial charge in [0.05, 0.1) is 32.3 Å². The molecule has 2 aromatic rings. The second-order valence-corrected chi connectivity index (χ2v) is 4.47. The third-order valence-electron chi connectivity index (χ3n) is 2.97. The first-order valence-corrected chi connectivity index (χ1v) is 6.28. The van der Waals surface area contributed by atoms with Crippen LogP contribution in [0.15, 0.2) is 41.7 Å². The fourth-order valence-electron chi connectivity index (χ4n) is 2.01. The molecular formula is C17H18O3. The zero-order valence-corrected chi connectivity index (χ0v) is 12.0. The molecule has 0 atom stereocenters. The van der Waals surface area contributed by atoms with Crippen LogP contribution in [-0.2, 0) is 0 Å². The first-order valence-electron chi connectivity index (χ1n) is 6.28. The lowest BCUT2D eigenvalue weighted by Gasteiger charge is -2.14. The highest BCUT2D eigenvalue weighted by molar-refractivity contribution is 5.78. The van der Waals surface area contributed by atoms with Crippen molar-refractivity contribution in [3.05, 3.63) is 54.0 Å². The maximum atomic E-state index is 5.43. The van der Waals surface area contributed by atoms with E-state index in [1.54, 1.807) is 26.7 Å². The highest BCUT2D eigenvalue weighted by Gasteiger charge is 2.12. The molecule has 1 aromatic carbocycles. The van der Waals surface area contributed by atoms with Crippen LogP contribution in [0.4, 0.5) is 0 Å².